The molecule has 1 aromatic carbocycles. The minimum absolute atomic E-state index is 0.104. The number of aromatic nitrogens is 1. The maximum absolute atomic E-state index is 12.8. The summed E-state index contributed by atoms with van der Waals surface area (Å²) in [6.07, 6.45) is 3.89. The predicted octanol–water partition coefficient (Wildman–Crippen LogP) is -1.05. The normalized spacial score (nSPS) is 13.7. The van der Waals surface area contributed by atoms with Gasteiger partial charge in [-0.2, -0.15) is 11.8 Å². The number of carboxylic acid groups (broad SMARTS) is 1. The largest absolute Gasteiger partial charge is 0.480 e. The summed E-state index contributed by atoms with van der Waals surface area (Å²) in [5, 5.41) is 26.5. The minimum atomic E-state index is -1.21. The van der Waals surface area contributed by atoms with E-state index in [2.05, 4.69) is 20.9 Å². The summed E-state index contributed by atoms with van der Waals surface area (Å²) in [4.78, 5) is 51.6. The lowest BCUT2D eigenvalue weighted by atomic mass is 10.0. The van der Waals surface area contributed by atoms with Crippen LogP contribution >= 0.6 is 11.8 Å². The minimum Gasteiger partial charge on any atom is -0.480 e. The van der Waals surface area contributed by atoms with E-state index in [1.54, 1.807) is 6.20 Å². The van der Waals surface area contributed by atoms with E-state index in [0.717, 1.165) is 16.5 Å². The van der Waals surface area contributed by atoms with Crippen molar-refractivity contribution < 1.29 is 29.4 Å². The van der Waals surface area contributed by atoms with Gasteiger partial charge in [0.15, 0.2) is 0 Å². The summed E-state index contributed by atoms with van der Waals surface area (Å²) in [6.45, 7) is -1.06. The monoisotopic (exact) mass is 479 g/mol. The Kier molecular flexibility index (Phi) is 10.2. The number of carbonyl (C=O) groups excluding carboxylic acids is 3. The molecule has 8 N–H and O–H groups in total. The SMILES string of the molecule is CSCCC(NC(=O)CNC(=O)C(Cc1c[nH]c2ccccc12)NC(=O)C(N)CO)C(=O)O. The van der Waals surface area contributed by atoms with Gasteiger partial charge in [-0.1, -0.05) is 18.2 Å². The number of thioether (sulfide) groups is 1. The van der Waals surface area contributed by atoms with Crippen LogP contribution in [0.1, 0.15) is 12.0 Å². The van der Waals surface area contributed by atoms with Gasteiger partial charge >= 0.3 is 5.97 Å². The maximum atomic E-state index is 12.8. The van der Waals surface area contributed by atoms with Crippen LogP contribution in [0.25, 0.3) is 10.9 Å². The molecule has 0 saturated heterocycles. The Bertz CT molecular complexity index is 981. The van der Waals surface area contributed by atoms with Crippen molar-refractivity contribution >= 4 is 46.4 Å². The molecule has 0 fully saturated rings. The van der Waals surface area contributed by atoms with Crippen molar-refractivity contribution in [2.24, 2.45) is 5.73 Å². The molecule has 2 aromatic rings. The molecule has 0 aliphatic carbocycles. The molecule has 3 atom stereocenters. The molecule has 180 valence electrons. The lowest BCUT2D eigenvalue weighted by Gasteiger charge is -2.20. The number of aliphatic carboxylic acids is 1. The van der Waals surface area contributed by atoms with Gasteiger partial charge in [0.1, 0.15) is 18.1 Å². The van der Waals surface area contributed by atoms with Crippen molar-refractivity contribution in [2.45, 2.75) is 31.0 Å². The predicted molar refractivity (Wildman–Crippen MR) is 125 cm³/mol. The average Bonchev–Trinajstić information content (AvgIpc) is 3.21. The van der Waals surface area contributed by atoms with Gasteiger partial charge in [0, 0.05) is 23.5 Å². The summed E-state index contributed by atoms with van der Waals surface area (Å²) in [6, 6.07) is 4.09. The number of hydrogen-bond acceptors (Lipinski definition) is 7. The van der Waals surface area contributed by atoms with Crippen LogP contribution in [-0.4, -0.2) is 82.2 Å². The number of rotatable bonds is 13. The fourth-order valence-electron chi connectivity index (χ4n) is 3.12. The first-order chi connectivity index (χ1) is 15.8. The number of fused-ring (bicyclic) bond motifs is 1. The zero-order valence-electron chi connectivity index (χ0n) is 18.2. The lowest BCUT2D eigenvalue weighted by molar-refractivity contribution is -0.141. The third-order valence-electron chi connectivity index (χ3n) is 4.93. The zero-order chi connectivity index (χ0) is 24.4. The number of aromatic amines is 1. The molecule has 0 aliphatic heterocycles. The molecular formula is C21H29N5O6S. The first-order valence-electron chi connectivity index (χ1n) is 10.3. The molecule has 3 unspecified atom stereocenters. The number of benzene rings is 1. The second-order valence-electron chi connectivity index (χ2n) is 7.37. The van der Waals surface area contributed by atoms with E-state index in [1.807, 2.05) is 30.5 Å². The summed E-state index contributed by atoms with van der Waals surface area (Å²) < 4.78 is 0. The molecule has 1 aromatic heterocycles. The highest BCUT2D eigenvalue weighted by atomic mass is 32.2. The number of carbonyl (C=O) groups is 4. The Balaban J connectivity index is 2.07. The first-order valence-corrected chi connectivity index (χ1v) is 11.7. The smallest absolute Gasteiger partial charge is 0.326 e. The summed E-state index contributed by atoms with van der Waals surface area (Å²) in [7, 11) is 0. The van der Waals surface area contributed by atoms with Crippen LogP contribution in [0.2, 0.25) is 0 Å². The summed E-state index contributed by atoms with van der Waals surface area (Å²) in [5.74, 6) is -2.64. The van der Waals surface area contributed by atoms with Crippen LogP contribution < -0.4 is 21.7 Å². The van der Waals surface area contributed by atoms with E-state index < -0.39 is 55.0 Å². The topological polar surface area (TPSA) is 187 Å². The molecule has 0 saturated carbocycles. The van der Waals surface area contributed by atoms with Gasteiger partial charge in [0.25, 0.3) is 0 Å². The molecule has 33 heavy (non-hydrogen) atoms. The Morgan fingerprint density at radius 1 is 1.12 bits per heavy atom. The molecule has 2 rings (SSSR count). The number of aliphatic hydroxyl groups excluding tert-OH is 1. The highest BCUT2D eigenvalue weighted by molar-refractivity contribution is 7.98. The van der Waals surface area contributed by atoms with Crippen molar-refractivity contribution in [2.75, 3.05) is 25.2 Å². The zero-order valence-corrected chi connectivity index (χ0v) is 19.0. The van der Waals surface area contributed by atoms with E-state index >= 15 is 0 Å². The number of H-pyrrole nitrogens is 1. The number of nitrogens with one attached hydrogen (secondary N) is 4. The molecule has 0 aliphatic rings. The maximum Gasteiger partial charge on any atom is 0.326 e. The van der Waals surface area contributed by atoms with Crippen LogP contribution in [0.3, 0.4) is 0 Å². The highest BCUT2D eigenvalue weighted by Crippen LogP contribution is 2.19. The van der Waals surface area contributed by atoms with Crippen LogP contribution in [-0.2, 0) is 25.6 Å². The third-order valence-corrected chi connectivity index (χ3v) is 5.58. The Hall–Kier alpha value is -3.09. The molecular weight excluding hydrogens is 450 g/mol. The van der Waals surface area contributed by atoms with Crippen molar-refractivity contribution in [1.29, 1.82) is 0 Å². The van der Waals surface area contributed by atoms with Gasteiger partial charge < -0.3 is 36.9 Å². The summed E-state index contributed by atoms with van der Waals surface area (Å²) in [5.41, 5.74) is 7.17. The van der Waals surface area contributed by atoms with Crippen LogP contribution in [0, 0.1) is 0 Å². The lowest BCUT2D eigenvalue weighted by Crippen LogP contribution is -2.54. The average molecular weight is 480 g/mol. The standard InChI is InChI=1S/C21H29N5O6S/c1-33-7-6-16(21(31)32)25-18(28)10-24-20(30)17(26-19(29)14(22)11-27)8-12-9-23-15-5-3-2-4-13(12)15/h2-5,9,14,16-17,23,27H,6-8,10-11,22H2,1H3,(H,24,30)(H,25,28)(H,26,29)(H,31,32). The van der Waals surface area contributed by atoms with Gasteiger partial charge in [-0.05, 0) is 30.1 Å². The fraction of sp³-hybridized carbons (Fsp3) is 0.429. The molecule has 12 heteroatoms. The number of hydrogen-bond donors (Lipinski definition) is 7. The first kappa shape index (κ1) is 26.2. The Morgan fingerprint density at radius 3 is 2.52 bits per heavy atom. The molecule has 0 radical (unpaired) electrons. The van der Waals surface area contributed by atoms with Gasteiger partial charge in [-0.15, -0.1) is 0 Å². The molecule has 1 heterocycles. The molecule has 3 amide bonds. The van der Waals surface area contributed by atoms with Crippen LogP contribution in [0.15, 0.2) is 30.5 Å². The number of aliphatic hydroxyl groups is 1. The third kappa shape index (κ3) is 7.77. The van der Waals surface area contributed by atoms with Gasteiger partial charge in [-0.3, -0.25) is 14.4 Å². The summed E-state index contributed by atoms with van der Waals surface area (Å²) >= 11 is 1.45. The van der Waals surface area contributed by atoms with E-state index in [9.17, 15) is 24.3 Å². The molecule has 0 bridgehead atoms. The van der Waals surface area contributed by atoms with E-state index in [-0.39, 0.29) is 12.8 Å². The van der Waals surface area contributed by atoms with E-state index in [0.29, 0.717) is 5.75 Å². The second-order valence-corrected chi connectivity index (χ2v) is 8.36. The van der Waals surface area contributed by atoms with Gasteiger partial charge in [-0.25, -0.2) is 4.79 Å². The van der Waals surface area contributed by atoms with Crippen molar-refractivity contribution in [3.8, 4) is 0 Å². The van der Waals surface area contributed by atoms with Gasteiger partial charge in [0.2, 0.25) is 17.7 Å². The number of amides is 3. The van der Waals surface area contributed by atoms with E-state index in [1.165, 1.54) is 11.8 Å². The van der Waals surface area contributed by atoms with Gasteiger partial charge in [0.05, 0.1) is 13.2 Å². The Morgan fingerprint density at radius 2 is 1.85 bits per heavy atom. The quantitative estimate of drug-likeness (QED) is 0.190. The highest BCUT2D eigenvalue weighted by Gasteiger charge is 2.26. The number of nitrogens with two attached hydrogens (primary N) is 1. The number of carboxylic acids is 1. The number of para-hydroxylation sites is 1. The van der Waals surface area contributed by atoms with E-state index in [4.69, 9.17) is 10.8 Å². The van der Waals surface area contributed by atoms with Crippen LogP contribution in [0.5, 0.6) is 0 Å². The molecule has 11 nitrogen and oxygen atoms in total. The van der Waals surface area contributed by atoms with Crippen molar-refractivity contribution in [3.63, 3.8) is 0 Å². The van der Waals surface area contributed by atoms with Crippen molar-refractivity contribution in [1.82, 2.24) is 20.9 Å². The van der Waals surface area contributed by atoms with Crippen molar-refractivity contribution in [3.05, 3.63) is 36.0 Å². The van der Waals surface area contributed by atoms with Crippen LogP contribution in [0.4, 0.5) is 0 Å². The second kappa shape index (κ2) is 12.8. The molecule has 0 spiro atoms. The fourth-order valence-corrected chi connectivity index (χ4v) is 3.59. The Labute approximate surface area is 194 Å².